The van der Waals surface area contributed by atoms with Gasteiger partial charge in [0, 0.05) is 43.8 Å². The summed E-state index contributed by atoms with van der Waals surface area (Å²) < 4.78 is 1.84. The zero-order chi connectivity index (χ0) is 16.1. The van der Waals surface area contributed by atoms with Gasteiger partial charge in [0.1, 0.15) is 0 Å². The van der Waals surface area contributed by atoms with Gasteiger partial charge in [0.2, 0.25) is 0 Å². The second-order valence-corrected chi connectivity index (χ2v) is 5.74. The highest BCUT2D eigenvalue weighted by Crippen LogP contribution is 2.18. The SMILES string of the molecule is CCNC(=O)N1CCC(Nc2ccc(-n3cccn3)cc2)CC1. The Morgan fingerprint density at radius 1 is 1.26 bits per heavy atom. The summed E-state index contributed by atoms with van der Waals surface area (Å²) in [7, 11) is 0. The number of anilines is 1. The van der Waals surface area contributed by atoms with E-state index in [-0.39, 0.29) is 6.03 Å². The van der Waals surface area contributed by atoms with Crippen LogP contribution in [0.25, 0.3) is 5.69 Å². The van der Waals surface area contributed by atoms with Gasteiger partial charge in [-0.25, -0.2) is 9.48 Å². The molecule has 0 bridgehead atoms. The Hall–Kier alpha value is -2.50. The van der Waals surface area contributed by atoms with Crippen LogP contribution in [0.15, 0.2) is 42.7 Å². The van der Waals surface area contributed by atoms with Gasteiger partial charge in [-0.3, -0.25) is 0 Å². The number of carbonyl (C=O) groups excluding carboxylic acids is 1. The molecule has 1 aromatic carbocycles. The average molecular weight is 313 g/mol. The van der Waals surface area contributed by atoms with Crippen LogP contribution in [0.2, 0.25) is 0 Å². The van der Waals surface area contributed by atoms with Crippen molar-refractivity contribution >= 4 is 11.7 Å². The lowest BCUT2D eigenvalue weighted by Gasteiger charge is -2.32. The van der Waals surface area contributed by atoms with E-state index in [1.54, 1.807) is 6.20 Å². The minimum Gasteiger partial charge on any atom is -0.382 e. The van der Waals surface area contributed by atoms with Crippen molar-refractivity contribution in [2.75, 3.05) is 25.0 Å². The normalized spacial score (nSPS) is 15.4. The molecule has 0 saturated carbocycles. The number of benzene rings is 1. The number of nitrogens with one attached hydrogen (secondary N) is 2. The zero-order valence-electron chi connectivity index (χ0n) is 13.4. The van der Waals surface area contributed by atoms with Crippen LogP contribution in [0.3, 0.4) is 0 Å². The topological polar surface area (TPSA) is 62.2 Å². The van der Waals surface area contributed by atoms with E-state index in [2.05, 4.69) is 40.0 Å². The zero-order valence-corrected chi connectivity index (χ0v) is 13.4. The van der Waals surface area contributed by atoms with E-state index in [1.807, 2.05) is 28.8 Å². The van der Waals surface area contributed by atoms with Crippen LogP contribution < -0.4 is 10.6 Å². The van der Waals surface area contributed by atoms with Crippen LogP contribution in [0.1, 0.15) is 19.8 Å². The maximum atomic E-state index is 11.8. The van der Waals surface area contributed by atoms with Crippen molar-refractivity contribution in [1.29, 1.82) is 0 Å². The second-order valence-electron chi connectivity index (χ2n) is 5.74. The largest absolute Gasteiger partial charge is 0.382 e. The van der Waals surface area contributed by atoms with Crippen LogP contribution in [0.5, 0.6) is 0 Å². The van der Waals surface area contributed by atoms with Gasteiger partial charge < -0.3 is 15.5 Å². The summed E-state index contributed by atoms with van der Waals surface area (Å²) in [4.78, 5) is 13.7. The Balaban J connectivity index is 1.52. The number of amides is 2. The number of carbonyl (C=O) groups is 1. The Morgan fingerprint density at radius 3 is 2.61 bits per heavy atom. The molecule has 2 heterocycles. The monoisotopic (exact) mass is 313 g/mol. The van der Waals surface area contributed by atoms with Gasteiger partial charge in [0.25, 0.3) is 0 Å². The fourth-order valence-electron chi connectivity index (χ4n) is 2.86. The summed E-state index contributed by atoms with van der Waals surface area (Å²) in [6, 6.07) is 10.6. The molecule has 0 unspecified atom stereocenters. The van der Waals surface area contributed by atoms with Crippen LogP contribution in [0, 0.1) is 0 Å². The molecule has 23 heavy (non-hydrogen) atoms. The van der Waals surface area contributed by atoms with E-state index < -0.39 is 0 Å². The van der Waals surface area contributed by atoms with Crippen molar-refractivity contribution in [3.05, 3.63) is 42.7 Å². The predicted molar refractivity (Wildman–Crippen MR) is 90.9 cm³/mol. The maximum Gasteiger partial charge on any atom is 0.317 e. The van der Waals surface area contributed by atoms with Gasteiger partial charge in [-0.05, 0) is 50.1 Å². The molecule has 1 fully saturated rings. The van der Waals surface area contributed by atoms with Crippen molar-refractivity contribution in [2.45, 2.75) is 25.8 Å². The number of aromatic nitrogens is 2. The van der Waals surface area contributed by atoms with E-state index in [1.165, 1.54) is 0 Å². The van der Waals surface area contributed by atoms with Crippen LogP contribution in [0.4, 0.5) is 10.5 Å². The number of nitrogens with zero attached hydrogens (tertiary/aromatic N) is 3. The summed E-state index contributed by atoms with van der Waals surface area (Å²) >= 11 is 0. The van der Waals surface area contributed by atoms with Gasteiger partial charge in [0.05, 0.1) is 5.69 Å². The highest BCUT2D eigenvalue weighted by molar-refractivity contribution is 5.74. The second kappa shape index (κ2) is 7.17. The first-order chi connectivity index (χ1) is 11.3. The highest BCUT2D eigenvalue weighted by atomic mass is 16.2. The quantitative estimate of drug-likeness (QED) is 0.911. The minimum atomic E-state index is 0.0505. The first-order valence-electron chi connectivity index (χ1n) is 8.15. The molecule has 1 aliphatic rings. The molecule has 6 heteroatoms. The fraction of sp³-hybridized carbons (Fsp3) is 0.412. The molecule has 2 aromatic rings. The van der Waals surface area contributed by atoms with Crippen LogP contribution >= 0.6 is 0 Å². The van der Waals surface area contributed by atoms with Crippen molar-refractivity contribution < 1.29 is 4.79 Å². The van der Waals surface area contributed by atoms with Crippen molar-refractivity contribution in [3.63, 3.8) is 0 Å². The fourth-order valence-corrected chi connectivity index (χ4v) is 2.86. The van der Waals surface area contributed by atoms with Gasteiger partial charge in [-0.2, -0.15) is 5.10 Å². The number of hydrogen-bond acceptors (Lipinski definition) is 3. The molecular weight excluding hydrogens is 290 g/mol. The van der Waals surface area contributed by atoms with Gasteiger partial charge in [-0.1, -0.05) is 0 Å². The van der Waals surface area contributed by atoms with Crippen molar-refractivity contribution in [1.82, 2.24) is 20.0 Å². The smallest absolute Gasteiger partial charge is 0.317 e. The molecule has 1 aromatic heterocycles. The number of urea groups is 1. The molecule has 0 radical (unpaired) electrons. The number of likely N-dealkylation sites (tertiary alicyclic amines) is 1. The molecule has 3 rings (SSSR count). The third kappa shape index (κ3) is 3.83. The molecule has 0 atom stereocenters. The van der Waals surface area contributed by atoms with Crippen molar-refractivity contribution in [3.8, 4) is 5.69 Å². The third-order valence-electron chi connectivity index (χ3n) is 4.12. The standard InChI is InChI=1S/C17H23N5O/c1-2-18-17(23)21-12-8-15(9-13-21)20-14-4-6-16(7-5-14)22-11-3-10-19-22/h3-7,10-11,15,20H,2,8-9,12-13H2,1H3,(H,18,23). The molecule has 6 nitrogen and oxygen atoms in total. The predicted octanol–water partition coefficient (Wildman–Crippen LogP) is 2.48. The Bertz CT molecular complexity index is 615. The van der Waals surface area contributed by atoms with Gasteiger partial charge in [-0.15, -0.1) is 0 Å². The summed E-state index contributed by atoms with van der Waals surface area (Å²) in [5.41, 5.74) is 2.16. The third-order valence-corrected chi connectivity index (χ3v) is 4.12. The van der Waals surface area contributed by atoms with E-state index in [0.717, 1.165) is 37.3 Å². The van der Waals surface area contributed by atoms with Gasteiger partial charge >= 0.3 is 6.03 Å². The summed E-state index contributed by atoms with van der Waals surface area (Å²) in [5, 5.41) is 10.6. The van der Waals surface area contributed by atoms with E-state index in [4.69, 9.17) is 0 Å². The van der Waals surface area contributed by atoms with E-state index in [9.17, 15) is 4.79 Å². The highest BCUT2D eigenvalue weighted by Gasteiger charge is 2.22. The van der Waals surface area contributed by atoms with Gasteiger partial charge in [0.15, 0.2) is 0 Å². The van der Waals surface area contributed by atoms with Crippen LogP contribution in [-0.4, -0.2) is 46.4 Å². The number of hydrogen-bond donors (Lipinski definition) is 2. The van der Waals surface area contributed by atoms with Crippen molar-refractivity contribution in [2.24, 2.45) is 0 Å². The summed E-state index contributed by atoms with van der Waals surface area (Å²) in [6.45, 7) is 4.22. The first kappa shape index (κ1) is 15.4. The lowest BCUT2D eigenvalue weighted by molar-refractivity contribution is 0.184. The Morgan fingerprint density at radius 2 is 2.00 bits per heavy atom. The summed E-state index contributed by atoms with van der Waals surface area (Å²) in [6.07, 6.45) is 5.64. The van der Waals surface area contributed by atoms with Crippen LogP contribution in [-0.2, 0) is 0 Å². The molecule has 122 valence electrons. The number of piperidine rings is 1. The molecule has 2 N–H and O–H groups in total. The van der Waals surface area contributed by atoms with E-state index in [0.29, 0.717) is 12.6 Å². The minimum absolute atomic E-state index is 0.0505. The molecular formula is C17H23N5O. The first-order valence-corrected chi connectivity index (χ1v) is 8.15. The van der Waals surface area contributed by atoms with E-state index >= 15 is 0 Å². The maximum absolute atomic E-state index is 11.8. The molecule has 1 saturated heterocycles. The lowest BCUT2D eigenvalue weighted by Crippen LogP contribution is -2.46. The molecule has 2 amide bonds. The number of rotatable bonds is 4. The molecule has 1 aliphatic heterocycles. The lowest BCUT2D eigenvalue weighted by atomic mass is 10.0. The average Bonchev–Trinajstić information content (AvgIpc) is 3.11. The summed E-state index contributed by atoms with van der Waals surface area (Å²) in [5.74, 6) is 0. The molecule has 0 spiro atoms. The Kier molecular flexibility index (Phi) is 4.80. The molecule has 0 aliphatic carbocycles. The Labute approximate surface area is 136 Å².